The lowest BCUT2D eigenvalue weighted by Crippen LogP contribution is -2.30. The molecule has 39 heavy (non-hydrogen) atoms. The molecule has 206 valence electrons. The van der Waals surface area contributed by atoms with Crippen molar-refractivity contribution in [3.8, 4) is 11.6 Å². The fraction of sp³-hybridized carbons (Fsp3) is 0.407. The van der Waals surface area contributed by atoms with Crippen LogP contribution in [-0.4, -0.2) is 49.6 Å². The average molecular weight is 543 g/mol. The number of ether oxygens (including phenoxy) is 1. The third-order valence-corrected chi connectivity index (χ3v) is 7.39. The normalized spacial score (nSPS) is 22.1. The number of hydrogen-bond acceptors (Lipinski definition) is 7. The van der Waals surface area contributed by atoms with E-state index in [0.717, 1.165) is 17.6 Å². The molecule has 1 aromatic carbocycles. The Balaban J connectivity index is 1.44. The zero-order valence-corrected chi connectivity index (χ0v) is 21.5. The van der Waals surface area contributed by atoms with E-state index in [1.54, 1.807) is 38.2 Å². The van der Waals surface area contributed by atoms with Crippen LogP contribution in [0.5, 0.6) is 5.88 Å². The summed E-state index contributed by atoms with van der Waals surface area (Å²) in [6.07, 6.45) is -1.10. The number of rotatable bonds is 6. The van der Waals surface area contributed by atoms with Gasteiger partial charge in [0.05, 0.1) is 17.1 Å². The molecule has 0 saturated carbocycles. The second-order valence-corrected chi connectivity index (χ2v) is 10.4. The number of anilines is 1. The average Bonchev–Trinajstić information content (AvgIpc) is 3.49. The van der Waals surface area contributed by atoms with Gasteiger partial charge in [0.15, 0.2) is 0 Å². The van der Waals surface area contributed by atoms with Crippen molar-refractivity contribution < 1.29 is 27.8 Å². The van der Waals surface area contributed by atoms with Crippen molar-refractivity contribution in [3.63, 3.8) is 0 Å². The molecule has 1 saturated heterocycles. The van der Waals surface area contributed by atoms with E-state index in [-0.39, 0.29) is 28.5 Å². The lowest BCUT2D eigenvalue weighted by Gasteiger charge is -2.31. The highest BCUT2D eigenvalue weighted by atomic mass is 19.4. The van der Waals surface area contributed by atoms with Crippen molar-refractivity contribution in [3.05, 3.63) is 65.1 Å². The number of aryl methyl sites for hydroxylation is 2. The van der Waals surface area contributed by atoms with Crippen LogP contribution < -0.4 is 15.8 Å². The lowest BCUT2D eigenvalue weighted by molar-refractivity contribution is -0.198. The van der Waals surface area contributed by atoms with E-state index in [1.807, 2.05) is 6.08 Å². The first-order chi connectivity index (χ1) is 18.4. The van der Waals surface area contributed by atoms with Gasteiger partial charge in [-0.3, -0.25) is 4.79 Å². The number of aliphatic carboxylic acids is 1. The van der Waals surface area contributed by atoms with E-state index in [2.05, 4.69) is 20.4 Å². The molecular weight excluding hydrogens is 513 g/mol. The quantitative estimate of drug-likeness (QED) is 0.414. The number of nitrogens with zero attached hydrogens (tertiary/aromatic N) is 4. The largest absolute Gasteiger partial charge is 0.480 e. The third-order valence-electron chi connectivity index (χ3n) is 7.39. The number of aromatic nitrogens is 4. The molecule has 1 aliphatic carbocycles. The summed E-state index contributed by atoms with van der Waals surface area (Å²) < 4.78 is 50.2. The monoisotopic (exact) mass is 542 g/mol. The summed E-state index contributed by atoms with van der Waals surface area (Å²) in [4.78, 5) is 19.6. The summed E-state index contributed by atoms with van der Waals surface area (Å²) in [6, 6.07) is 7.10. The first-order valence-corrected chi connectivity index (χ1v) is 12.6. The number of carboxylic acids is 1. The number of nitrogens with one attached hydrogen (secondary N) is 1. The van der Waals surface area contributed by atoms with E-state index in [1.165, 1.54) is 16.8 Å². The van der Waals surface area contributed by atoms with Gasteiger partial charge in [0.1, 0.15) is 6.04 Å². The highest BCUT2D eigenvalue weighted by molar-refractivity contribution is 5.74. The minimum Gasteiger partial charge on any atom is -0.480 e. The zero-order valence-electron chi connectivity index (χ0n) is 21.5. The van der Waals surface area contributed by atoms with Crippen molar-refractivity contribution in [2.45, 2.75) is 57.9 Å². The molecule has 2 aromatic heterocycles. The molecule has 2 unspecified atom stereocenters. The van der Waals surface area contributed by atoms with E-state index in [4.69, 9.17) is 10.5 Å². The molecule has 1 aliphatic heterocycles. The summed E-state index contributed by atoms with van der Waals surface area (Å²) in [6.45, 7) is 4.14. The molecule has 0 amide bonds. The topological polar surface area (TPSA) is 128 Å². The lowest BCUT2D eigenvalue weighted by atomic mass is 9.73. The fourth-order valence-electron chi connectivity index (χ4n) is 5.33. The van der Waals surface area contributed by atoms with Crippen molar-refractivity contribution in [1.29, 1.82) is 0 Å². The van der Waals surface area contributed by atoms with E-state index < -0.39 is 24.3 Å². The van der Waals surface area contributed by atoms with Gasteiger partial charge in [0.2, 0.25) is 17.9 Å². The summed E-state index contributed by atoms with van der Waals surface area (Å²) in [7, 11) is 0. The molecule has 12 heteroatoms. The second kappa shape index (κ2) is 9.99. The van der Waals surface area contributed by atoms with Gasteiger partial charge in [-0.25, -0.2) is 9.67 Å². The number of halogens is 3. The Morgan fingerprint density at radius 2 is 2.05 bits per heavy atom. The van der Waals surface area contributed by atoms with Crippen LogP contribution in [-0.2, 0) is 4.79 Å². The van der Waals surface area contributed by atoms with Crippen LogP contribution in [0.3, 0.4) is 0 Å². The number of nitrogen functional groups attached to an aromatic ring is 1. The number of alkyl halides is 3. The van der Waals surface area contributed by atoms with Crippen molar-refractivity contribution >= 4 is 17.5 Å². The highest BCUT2D eigenvalue weighted by Crippen LogP contribution is 2.45. The molecule has 1 fully saturated rings. The fourth-order valence-corrected chi connectivity index (χ4v) is 5.33. The maximum Gasteiger partial charge on any atom is 0.429 e. The summed E-state index contributed by atoms with van der Waals surface area (Å²) in [5.41, 5.74) is 8.50. The first-order valence-electron chi connectivity index (χ1n) is 12.6. The first kappa shape index (κ1) is 26.7. The Labute approximate surface area is 222 Å². The van der Waals surface area contributed by atoms with Crippen molar-refractivity contribution in [2.24, 2.45) is 5.41 Å². The molecule has 9 nitrogen and oxygen atoms in total. The maximum absolute atomic E-state index is 14.4. The zero-order chi connectivity index (χ0) is 27.9. The minimum atomic E-state index is -4.77. The molecular formula is C27H29F3N6O3. The number of allylic oxidation sites excluding steroid dienone is 2. The van der Waals surface area contributed by atoms with Gasteiger partial charge in [-0.1, -0.05) is 18.2 Å². The van der Waals surface area contributed by atoms with E-state index in [9.17, 15) is 23.1 Å². The Hall–Kier alpha value is -3.93. The van der Waals surface area contributed by atoms with Gasteiger partial charge in [0, 0.05) is 24.4 Å². The number of carbonyl (C=O) groups is 1. The van der Waals surface area contributed by atoms with Gasteiger partial charge in [-0.2, -0.15) is 23.3 Å². The molecule has 0 bridgehead atoms. The summed E-state index contributed by atoms with van der Waals surface area (Å²) in [5, 5.41) is 16.7. The van der Waals surface area contributed by atoms with Gasteiger partial charge in [0.25, 0.3) is 0 Å². The Kier molecular flexibility index (Phi) is 6.83. The van der Waals surface area contributed by atoms with Gasteiger partial charge in [-0.15, -0.1) is 0 Å². The predicted octanol–water partition coefficient (Wildman–Crippen LogP) is 4.54. The van der Waals surface area contributed by atoms with Crippen LogP contribution in [0.25, 0.3) is 11.3 Å². The van der Waals surface area contributed by atoms with Gasteiger partial charge < -0.3 is 20.9 Å². The van der Waals surface area contributed by atoms with Crippen molar-refractivity contribution in [1.82, 2.24) is 25.1 Å². The standard InChI is InChI=1S/C27H29F3N6O3/c1-15-3-4-18(21(11-15)36-10-7-16(2)35-36)23(27(28,29)30)39-22-12-19(33-25(31)34-22)17-5-8-26(9-6-17)13-20(24(37)38)32-14-26/h3-5,7,10-12,20,23,32H,6,8-9,13-14H2,1-2H3,(H,37,38)(H2,31,33,34)/t20?,23-,26?/m1/s1. The highest BCUT2D eigenvalue weighted by Gasteiger charge is 2.45. The number of benzene rings is 1. The molecule has 4 N–H and O–H groups in total. The molecule has 1 spiro atoms. The molecule has 3 aromatic rings. The van der Waals surface area contributed by atoms with Gasteiger partial charge >= 0.3 is 12.1 Å². The third kappa shape index (κ3) is 5.60. The SMILES string of the molecule is Cc1ccc([C@@H](Oc2cc(C3=CCC4(CC3)CNC(C(=O)O)C4)nc(N)n2)C(F)(F)F)c(-n2ccc(C)n2)c1. The maximum atomic E-state index is 14.4. The Bertz CT molecular complexity index is 1440. The molecule has 5 rings (SSSR count). The van der Waals surface area contributed by atoms with Crippen LogP contribution in [0, 0.1) is 19.3 Å². The predicted molar refractivity (Wildman–Crippen MR) is 137 cm³/mol. The van der Waals surface area contributed by atoms with Crippen LogP contribution in [0.2, 0.25) is 0 Å². The summed E-state index contributed by atoms with van der Waals surface area (Å²) >= 11 is 0. The molecule has 2 aliphatic rings. The van der Waals surface area contributed by atoms with E-state index >= 15 is 0 Å². The smallest absolute Gasteiger partial charge is 0.429 e. The molecule has 0 radical (unpaired) electrons. The van der Waals surface area contributed by atoms with Crippen LogP contribution >= 0.6 is 0 Å². The summed E-state index contributed by atoms with van der Waals surface area (Å²) in [5.74, 6) is -1.37. The second-order valence-electron chi connectivity index (χ2n) is 10.4. The van der Waals surface area contributed by atoms with Crippen molar-refractivity contribution in [2.75, 3.05) is 12.3 Å². The Morgan fingerprint density at radius 1 is 1.26 bits per heavy atom. The molecule has 3 heterocycles. The van der Waals surface area contributed by atoms with E-state index in [0.29, 0.717) is 37.2 Å². The van der Waals surface area contributed by atoms with Crippen LogP contribution in [0.15, 0.2) is 42.6 Å². The number of carboxylic acid groups (broad SMARTS) is 1. The molecule has 3 atom stereocenters. The number of hydrogen-bond donors (Lipinski definition) is 3. The van der Waals surface area contributed by atoms with Crippen LogP contribution in [0.1, 0.15) is 54.3 Å². The Morgan fingerprint density at radius 3 is 2.67 bits per heavy atom. The minimum absolute atomic E-state index is 0.115. The van der Waals surface area contributed by atoms with Gasteiger partial charge in [-0.05, 0) is 68.2 Å². The number of nitrogens with two attached hydrogens (primary N) is 1. The van der Waals surface area contributed by atoms with Crippen LogP contribution in [0.4, 0.5) is 19.1 Å².